The van der Waals surface area contributed by atoms with Crippen LogP contribution < -0.4 is 20.9 Å². The molecule has 0 unspecified atom stereocenters. The third kappa shape index (κ3) is 5.45. The number of carbonyl (C=O) groups is 1. The standard InChI is InChI=1S/C18H18N6O2/c25-18(24-23-17-20-10-3-11-21-17)22-12-14-5-7-16(8-6-14)26-13-15-4-1-2-9-19-15/h1-11H,12-13H2,(H,20,21,23)(H2,22,24,25). The number of hydrazine groups is 1. The van der Waals surface area contributed by atoms with Crippen LogP contribution in [-0.2, 0) is 13.2 Å². The Kier molecular flexibility index (Phi) is 5.92. The number of benzene rings is 1. The van der Waals surface area contributed by atoms with Crippen LogP contribution in [0.5, 0.6) is 5.75 Å². The van der Waals surface area contributed by atoms with Crippen LogP contribution >= 0.6 is 0 Å². The van der Waals surface area contributed by atoms with E-state index in [2.05, 4.69) is 31.1 Å². The molecule has 0 radical (unpaired) electrons. The second-order valence-electron chi connectivity index (χ2n) is 5.26. The molecule has 0 fully saturated rings. The molecule has 0 saturated heterocycles. The Morgan fingerprint density at radius 3 is 2.42 bits per heavy atom. The zero-order valence-electron chi connectivity index (χ0n) is 13.9. The number of nitrogens with one attached hydrogen (secondary N) is 3. The van der Waals surface area contributed by atoms with Crippen molar-refractivity contribution in [3.05, 3.63) is 78.4 Å². The molecule has 26 heavy (non-hydrogen) atoms. The molecular formula is C18H18N6O2. The van der Waals surface area contributed by atoms with Crippen molar-refractivity contribution < 1.29 is 9.53 Å². The van der Waals surface area contributed by atoms with Crippen LogP contribution in [-0.4, -0.2) is 21.0 Å². The van der Waals surface area contributed by atoms with E-state index in [-0.39, 0.29) is 6.03 Å². The summed E-state index contributed by atoms with van der Waals surface area (Å²) in [5, 5.41) is 2.73. The molecule has 0 aliphatic carbocycles. The Morgan fingerprint density at radius 1 is 0.923 bits per heavy atom. The summed E-state index contributed by atoms with van der Waals surface area (Å²) in [5.74, 6) is 1.06. The fraction of sp³-hybridized carbons (Fsp3) is 0.111. The second-order valence-corrected chi connectivity index (χ2v) is 5.26. The summed E-state index contributed by atoms with van der Waals surface area (Å²) in [4.78, 5) is 23.8. The van der Waals surface area contributed by atoms with Gasteiger partial charge in [-0.05, 0) is 35.9 Å². The van der Waals surface area contributed by atoms with Crippen molar-refractivity contribution in [2.75, 3.05) is 5.43 Å². The lowest BCUT2D eigenvalue weighted by Gasteiger charge is -2.09. The molecule has 0 aliphatic rings. The maximum Gasteiger partial charge on any atom is 0.333 e. The number of rotatable bonds is 7. The fourth-order valence-corrected chi connectivity index (χ4v) is 2.05. The summed E-state index contributed by atoms with van der Waals surface area (Å²) >= 11 is 0. The van der Waals surface area contributed by atoms with Crippen molar-refractivity contribution in [1.82, 2.24) is 25.7 Å². The molecule has 1 aromatic carbocycles. The highest BCUT2D eigenvalue weighted by molar-refractivity contribution is 5.74. The molecule has 0 saturated carbocycles. The summed E-state index contributed by atoms with van der Waals surface area (Å²) in [6.07, 6.45) is 4.89. The summed E-state index contributed by atoms with van der Waals surface area (Å²) < 4.78 is 5.67. The Balaban J connectivity index is 1.40. The van der Waals surface area contributed by atoms with Crippen molar-refractivity contribution in [1.29, 1.82) is 0 Å². The number of nitrogens with zero attached hydrogens (tertiary/aromatic N) is 3. The van der Waals surface area contributed by atoms with Gasteiger partial charge in [0, 0.05) is 25.1 Å². The fourth-order valence-electron chi connectivity index (χ4n) is 2.05. The maximum atomic E-state index is 11.7. The van der Waals surface area contributed by atoms with Crippen LogP contribution in [0.4, 0.5) is 10.7 Å². The van der Waals surface area contributed by atoms with Gasteiger partial charge in [0.15, 0.2) is 0 Å². The zero-order chi connectivity index (χ0) is 18.0. The molecular weight excluding hydrogens is 332 g/mol. The second kappa shape index (κ2) is 8.97. The lowest BCUT2D eigenvalue weighted by Crippen LogP contribution is -2.39. The molecule has 3 aromatic rings. The van der Waals surface area contributed by atoms with Crippen molar-refractivity contribution in [2.24, 2.45) is 0 Å². The molecule has 132 valence electrons. The number of urea groups is 1. The Morgan fingerprint density at radius 2 is 1.69 bits per heavy atom. The number of hydrogen-bond acceptors (Lipinski definition) is 6. The first-order valence-electron chi connectivity index (χ1n) is 7.98. The van der Waals surface area contributed by atoms with E-state index >= 15 is 0 Å². The largest absolute Gasteiger partial charge is 0.487 e. The SMILES string of the molecule is O=C(NCc1ccc(OCc2ccccn2)cc1)NNc1ncccn1. The first-order valence-corrected chi connectivity index (χ1v) is 7.98. The molecule has 2 aromatic heterocycles. The molecule has 0 aliphatic heterocycles. The number of carbonyl (C=O) groups excluding carboxylic acids is 1. The van der Waals surface area contributed by atoms with Crippen molar-refractivity contribution >= 4 is 12.0 Å². The quantitative estimate of drug-likeness (QED) is 0.565. The average molecular weight is 350 g/mol. The minimum Gasteiger partial charge on any atom is -0.487 e. The van der Waals surface area contributed by atoms with Crippen molar-refractivity contribution in [3.63, 3.8) is 0 Å². The third-order valence-corrected chi connectivity index (χ3v) is 3.34. The molecule has 0 spiro atoms. The highest BCUT2D eigenvalue weighted by atomic mass is 16.5. The van der Waals surface area contributed by atoms with Gasteiger partial charge in [0.2, 0.25) is 5.95 Å². The molecule has 0 atom stereocenters. The molecule has 8 heteroatoms. The Labute approximate surface area is 150 Å². The monoisotopic (exact) mass is 350 g/mol. The van der Waals surface area contributed by atoms with E-state index in [1.54, 1.807) is 24.7 Å². The van der Waals surface area contributed by atoms with E-state index < -0.39 is 0 Å². The maximum absolute atomic E-state index is 11.7. The number of anilines is 1. The van der Waals surface area contributed by atoms with Crippen molar-refractivity contribution in [2.45, 2.75) is 13.2 Å². The first-order chi connectivity index (χ1) is 12.8. The molecule has 8 nitrogen and oxygen atoms in total. The molecule has 0 bridgehead atoms. The highest BCUT2D eigenvalue weighted by Crippen LogP contribution is 2.13. The Hall–Kier alpha value is -3.68. The van der Waals surface area contributed by atoms with Gasteiger partial charge >= 0.3 is 6.03 Å². The highest BCUT2D eigenvalue weighted by Gasteiger charge is 2.02. The minimum absolute atomic E-state index is 0.317. The van der Waals surface area contributed by atoms with Crippen LogP contribution in [0.3, 0.4) is 0 Å². The van der Waals surface area contributed by atoms with Gasteiger partial charge in [-0.2, -0.15) is 0 Å². The van der Waals surface area contributed by atoms with Gasteiger partial charge < -0.3 is 10.1 Å². The van der Waals surface area contributed by atoms with Gasteiger partial charge in [0.1, 0.15) is 12.4 Å². The van der Waals surface area contributed by atoms with Gasteiger partial charge in [-0.15, -0.1) is 0 Å². The van der Waals surface area contributed by atoms with Crippen LogP contribution in [0, 0.1) is 0 Å². The normalized spacial score (nSPS) is 10.0. The molecule has 3 N–H and O–H groups in total. The minimum atomic E-state index is -0.382. The van der Waals surface area contributed by atoms with Crippen molar-refractivity contribution in [3.8, 4) is 5.75 Å². The van der Waals surface area contributed by atoms with Gasteiger partial charge in [0.25, 0.3) is 0 Å². The van der Waals surface area contributed by atoms with Gasteiger partial charge in [0.05, 0.1) is 5.69 Å². The average Bonchev–Trinajstić information content (AvgIpc) is 2.71. The summed E-state index contributed by atoms with van der Waals surface area (Å²) in [5.41, 5.74) is 6.89. The van der Waals surface area contributed by atoms with Crippen LogP contribution in [0.25, 0.3) is 0 Å². The number of pyridine rings is 1. The number of hydrogen-bond donors (Lipinski definition) is 3. The van der Waals surface area contributed by atoms with Gasteiger partial charge in [-0.3, -0.25) is 10.4 Å². The predicted octanol–water partition coefficient (Wildman–Crippen LogP) is 2.28. The van der Waals surface area contributed by atoms with E-state index in [1.165, 1.54) is 0 Å². The third-order valence-electron chi connectivity index (χ3n) is 3.34. The van der Waals surface area contributed by atoms with Gasteiger partial charge in [-0.25, -0.2) is 20.2 Å². The summed E-state index contributed by atoms with van der Waals surface area (Å²) in [6.45, 7) is 0.789. The summed E-state index contributed by atoms with van der Waals surface area (Å²) in [7, 11) is 0. The zero-order valence-corrected chi connectivity index (χ0v) is 13.9. The lowest BCUT2D eigenvalue weighted by molar-refractivity contribution is 0.242. The first kappa shape index (κ1) is 17.2. The van der Waals surface area contributed by atoms with E-state index in [0.717, 1.165) is 17.0 Å². The molecule has 3 rings (SSSR count). The summed E-state index contributed by atoms with van der Waals surface area (Å²) in [6, 6.07) is 14.5. The molecule has 2 amide bonds. The smallest absolute Gasteiger partial charge is 0.333 e. The number of aromatic nitrogens is 3. The van der Waals surface area contributed by atoms with E-state index in [9.17, 15) is 4.79 Å². The number of ether oxygens (including phenoxy) is 1. The van der Waals surface area contributed by atoms with E-state index in [4.69, 9.17) is 4.74 Å². The number of amides is 2. The lowest BCUT2D eigenvalue weighted by atomic mass is 10.2. The molecule has 2 heterocycles. The van der Waals surface area contributed by atoms with E-state index in [0.29, 0.717) is 19.1 Å². The van der Waals surface area contributed by atoms with E-state index in [1.807, 2.05) is 42.5 Å². The van der Waals surface area contributed by atoms with Crippen LogP contribution in [0.2, 0.25) is 0 Å². The topological polar surface area (TPSA) is 101 Å². The van der Waals surface area contributed by atoms with Crippen LogP contribution in [0.15, 0.2) is 67.1 Å². The predicted molar refractivity (Wildman–Crippen MR) is 96.0 cm³/mol. The Bertz CT molecular complexity index is 812. The van der Waals surface area contributed by atoms with Gasteiger partial charge in [-0.1, -0.05) is 18.2 Å². The van der Waals surface area contributed by atoms with Crippen LogP contribution in [0.1, 0.15) is 11.3 Å².